The first-order valence-corrected chi connectivity index (χ1v) is 6.70. The van der Waals surface area contributed by atoms with Gasteiger partial charge in [0.2, 0.25) is 5.91 Å². The maximum Gasteiger partial charge on any atom is 0.227 e. The predicted octanol–water partition coefficient (Wildman–Crippen LogP) is 2.76. The topological polar surface area (TPSA) is 55.1 Å². The molecule has 3 heteroatoms. The Bertz CT molecular complexity index is 434. The molecule has 1 aromatic carbocycles. The van der Waals surface area contributed by atoms with Crippen LogP contribution in [0.1, 0.15) is 36.8 Å². The first kappa shape index (κ1) is 13.1. The number of nitrogens with two attached hydrogens (primary N) is 1. The molecule has 3 N–H and O–H groups in total. The maximum absolute atomic E-state index is 12.1. The highest BCUT2D eigenvalue weighted by Crippen LogP contribution is 2.25. The van der Waals surface area contributed by atoms with Crippen LogP contribution in [0.15, 0.2) is 18.2 Å². The molecule has 0 atom stereocenters. The van der Waals surface area contributed by atoms with Gasteiger partial charge in [0.15, 0.2) is 0 Å². The quantitative estimate of drug-likeness (QED) is 0.843. The van der Waals surface area contributed by atoms with Gasteiger partial charge in [-0.2, -0.15) is 0 Å². The summed E-state index contributed by atoms with van der Waals surface area (Å²) in [5, 5.41) is 3.01. The van der Waals surface area contributed by atoms with Gasteiger partial charge in [0.05, 0.1) is 0 Å². The fraction of sp³-hybridized carbons (Fsp3) is 0.533. The van der Waals surface area contributed by atoms with Gasteiger partial charge in [-0.1, -0.05) is 6.07 Å². The highest BCUT2D eigenvalue weighted by molar-refractivity contribution is 5.92. The molecular weight excluding hydrogens is 224 g/mol. The molecule has 0 spiro atoms. The molecule has 18 heavy (non-hydrogen) atoms. The summed E-state index contributed by atoms with van der Waals surface area (Å²) < 4.78 is 0. The number of hydrogen-bond donors (Lipinski definition) is 2. The van der Waals surface area contributed by atoms with E-state index in [0.29, 0.717) is 0 Å². The van der Waals surface area contributed by atoms with Crippen molar-refractivity contribution in [1.82, 2.24) is 0 Å². The maximum atomic E-state index is 12.1. The summed E-state index contributed by atoms with van der Waals surface area (Å²) in [6, 6.07) is 6.33. The SMILES string of the molecule is Cc1ccc(NC(=O)C2CCC(N)CC2)cc1C. The standard InChI is InChI=1S/C15H22N2O/c1-10-3-8-14(9-11(10)2)17-15(18)12-4-6-13(16)7-5-12/h3,8-9,12-13H,4-7,16H2,1-2H3,(H,17,18). The van der Waals surface area contributed by atoms with E-state index in [1.54, 1.807) is 0 Å². The third-order valence-electron chi connectivity index (χ3n) is 3.92. The minimum Gasteiger partial charge on any atom is -0.328 e. The van der Waals surface area contributed by atoms with Crippen LogP contribution in [0.25, 0.3) is 0 Å². The molecule has 98 valence electrons. The summed E-state index contributed by atoms with van der Waals surface area (Å²) in [5.41, 5.74) is 9.21. The van der Waals surface area contributed by atoms with Crippen LogP contribution in [0, 0.1) is 19.8 Å². The van der Waals surface area contributed by atoms with E-state index in [1.807, 2.05) is 18.2 Å². The molecule has 0 bridgehead atoms. The number of rotatable bonds is 2. The van der Waals surface area contributed by atoms with Crippen LogP contribution < -0.4 is 11.1 Å². The molecule has 2 rings (SSSR count). The Morgan fingerprint density at radius 3 is 2.44 bits per heavy atom. The molecule has 1 aliphatic carbocycles. The van der Waals surface area contributed by atoms with Crippen LogP contribution in [0.4, 0.5) is 5.69 Å². The van der Waals surface area contributed by atoms with Crippen molar-refractivity contribution in [2.75, 3.05) is 5.32 Å². The number of carbonyl (C=O) groups is 1. The van der Waals surface area contributed by atoms with Gasteiger partial charge in [0.1, 0.15) is 0 Å². The van der Waals surface area contributed by atoms with Crippen molar-refractivity contribution >= 4 is 11.6 Å². The Labute approximate surface area is 109 Å². The zero-order chi connectivity index (χ0) is 13.1. The van der Waals surface area contributed by atoms with Crippen LogP contribution >= 0.6 is 0 Å². The average Bonchev–Trinajstić information content (AvgIpc) is 2.34. The van der Waals surface area contributed by atoms with E-state index in [9.17, 15) is 4.79 Å². The number of nitrogens with one attached hydrogen (secondary N) is 1. The summed E-state index contributed by atoms with van der Waals surface area (Å²) in [5.74, 6) is 0.275. The van der Waals surface area contributed by atoms with E-state index in [0.717, 1.165) is 31.4 Å². The molecule has 0 heterocycles. The highest BCUT2D eigenvalue weighted by Gasteiger charge is 2.24. The summed E-state index contributed by atoms with van der Waals surface area (Å²) in [6.07, 6.45) is 3.76. The average molecular weight is 246 g/mol. The second-order valence-corrected chi connectivity index (χ2v) is 5.40. The summed E-state index contributed by atoms with van der Waals surface area (Å²) in [6.45, 7) is 4.13. The van der Waals surface area contributed by atoms with Crippen molar-refractivity contribution in [3.63, 3.8) is 0 Å². The van der Waals surface area contributed by atoms with E-state index in [-0.39, 0.29) is 17.9 Å². The molecule has 1 fully saturated rings. The number of benzene rings is 1. The van der Waals surface area contributed by atoms with Gasteiger partial charge in [0, 0.05) is 17.6 Å². The zero-order valence-corrected chi connectivity index (χ0v) is 11.2. The lowest BCUT2D eigenvalue weighted by molar-refractivity contribution is -0.120. The van der Waals surface area contributed by atoms with Crippen molar-refractivity contribution in [3.05, 3.63) is 29.3 Å². The molecular formula is C15H22N2O. The van der Waals surface area contributed by atoms with Crippen LogP contribution in [-0.2, 0) is 4.79 Å². The number of anilines is 1. The summed E-state index contributed by atoms with van der Waals surface area (Å²) >= 11 is 0. The van der Waals surface area contributed by atoms with Crippen LogP contribution in [0.5, 0.6) is 0 Å². The zero-order valence-electron chi connectivity index (χ0n) is 11.2. The first-order valence-electron chi connectivity index (χ1n) is 6.70. The first-order chi connectivity index (χ1) is 8.56. The van der Waals surface area contributed by atoms with Gasteiger partial charge >= 0.3 is 0 Å². The normalized spacial score (nSPS) is 23.7. The smallest absolute Gasteiger partial charge is 0.227 e. The molecule has 1 saturated carbocycles. The van der Waals surface area contributed by atoms with Crippen molar-refractivity contribution in [3.8, 4) is 0 Å². The van der Waals surface area contributed by atoms with E-state index >= 15 is 0 Å². The molecule has 1 amide bonds. The van der Waals surface area contributed by atoms with E-state index in [2.05, 4.69) is 19.2 Å². The lowest BCUT2D eigenvalue weighted by atomic mass is 9.86. The molecule has 0 unspecified atom stereocenters. The van der Waals surface area contributed by atoms with Gasteiger partial charge in [-0.25, -0.2) is 0 Å². The van der Waals surface area contributed by atoms with Crippen molar-refractivity contribution in [1.29, 1.82) is 0 Å². The molecule has 0 radical (unpaired) electrons. The fourth-order valence-corrected chi connectivity index (χ4v) is 2.44. The number of amides is 1. The minimum atomic E-state index is 0.131. The van der Waals surface area contributed by atoms with Crippen molar-refractivity contribution in [2.45, 2.75) is 45.6 Å². The molecule has 1 aliphatic rings. The van der Waals surface area contributed by atoms with Crippen LogP contribution in [-0.4, -0.2) is 11.9 Å². The molecule has 0 saturated heterocycles. The van der Waals surface area contributed by atoms with Gasteiger partial charge in [-0.05, 0) is 62.8 Å². The lowest BCUT2D eigenvalue weighted by Crippen LogP contribution is -2.32. The second kappa shape index (κ2) is 5.53. The van der Waals surface area contributed by atoms with E-state index in [4.69, 9.17) is 5.73 Å². The second-order valence-electron chi connectivity index (χ2n) is 5.40. The van der Waals surface area contributed by atoms with Crippen molar-refractivity contribution < 1.29 is 4.79 Å². The Morgan fingerprint density at radius 2 is 1.83 bits per heavy atom. The van der Waals surface area contributed by atoms with Gasteiger partial charge < -0.3 is 11.1 Å². The van der Waals surface area contributed by atoms with Crippen LogP contribution in [0.2, 0.25) is 0 Å². The Hall–Kier alpha value is -1.35. The monoisotopic (exact) mass is 246 g/mol. The fourth-order valence-electron chi connectivity index (χ4n) is 2.44. The molecule has 0 aromatic heterocycles. The van der Waals surface area contributed by atoms with E-state index < -0.39 is 0 Å². The third-order valence-corrected chi connectivity index (χ3v) is 3.92. The Kier molecular flexibility index (Phi) is 4.02. The Balaban J connectivity index is 1.96. The number of carbonyl (C=O) groups excluding carboxylic acids is 1. The number of hydrogen-bond acceptors (Lipinski definition) is 2. The van der Waals surface area contributed by atoms with Crippen molar-refractivity contribution in [2.24, 2.45) is 11.7 Å². The minimum absolute atomic E-state index is 0.131. The van der Waals surface area contributed by atoms with E-state index in [1.165, 1.54) is 11.1 Å². The highest BCUT2D eigenvalue weighted by atomic mass is 16.1. The van der Waals surface area contributed by atoms with Crippen LogP contribution in [0.3, 0.4) is 0 Å². The van der Waals surface area contributed by atoms with Gasteiger partial charge in [0.25, 0.3) is 0 Å². The molecule has 1 aromatic rings. The largest absolute Gasteiger partial charge is 0.328 e. The lowest BCUT2D eigenvalue weighted by Gasteiger charge is -2.25. The third kappa shape index (κ3) is 3.10. The summed E-state index contributed by atoms with van der Waals surface area (Å²) in [4.78, 5) is 12.1. The molecule has 3 nitrogen and oxygen atoms in total. The Morgan fingerprint density at radius 1 is 1.17 bits per heavy atom. The van der Waals surface area contributed by atoms with Gasteiger partial charge in [-0.3, -0.25) is 4.79 Å². The molecule has 0 aliphatic heterocycles. The number of aryl methyl sites for hydroxylation is 2. The summed E-state index contributed by atoms with van der Waals surface area (Å²) in [7, 11) is 0. The predicted molar refractivity (Wildman–Crippen MR) is 74.5 cm³/mol. The van der Waals surface area contributed by atoms with Gasteiger partial charge in [-0.15, -0.1) is 0 Å².